The van der Waals surface area contributed by atoms with Crippen molar-refractivity contribution in [3.05, 3.63) is 46.1 Å². The molecule has 0 unspecified atom stereocenters. The second-order valence-corrected chi connectivity index (χ2v) is 3.00. The molecule has 4 nitrogen and oxygen atoms in total. The number of fused-ring (bicyclic) bond motifs is 1. The molecule has 0 saturated heterocycles. The fraction of sp³-hybridized carbons (Fsp3) is 0.100. The highest BCUT2D eigenvalue weighted by Gasteiger charge is 2.06. The van der Waals surface area contributed by atoms with Crippen LogP contribution in [-0.4, -0.2) is 9.91 Å². The lowest BCUT2D eigenvalue weighted by Crippen LogP contribution is -1.89. The second-order valence-electron chi connectivity index (χ2n) is 3.00. The minimum Gasteiger partial charge on any atom is -0.258 e. The molecule has 0 atom stereocenters. The van der Waals surface area contributed by atoms with Gasteiger partial charge < -0.3 is 0 Å². The molecule has 0 saturated carbocycles. The highest BCUT2D eigenvalue weighted by molar-refractivity contribution is 5.80. The Morgan fingerprint density at radius 1 is 1.50 bits per heavy atom. The molecule has 2 aromatic rings. The fourth-order valence-corrected chi connectivity index (χ4v) is 1.26. The molecule has 0 amide bonds. The zero-order valence-corrected chi connectivity index (χ0v) is 7.52. The Hall–Kier alpha value is -1.97. The van der Waals surface area contributed by atoms with E-state index in [0.29, 0.717) is 5.39 Å². The standard InChI is InChI=1S/C10H7N2O2/c1-7-2-3-8-6-9(12(13)14)4-5-10(8)11-7/h2,4-6H,1H3. The number of rotatable bonds is 1. The number of nitrogens with zero attached hydrogens (tertiary/aromatic N) is 2. The van der Waals surface area contributed by atoms with Crippen LogP contribution in [0.15, 0.2) is 24.3 Å². The number of hydrogen-bond acceptors (Lipinski definition) is 3. The van der Waals surface area contributed by atoms with E-state index in [-0.39, 0.29) is 5.69 Å². The number of nitro groups is 1. The first kappa shape index (κ1) is 8.62. The third-order valence-corrected chi connectivity index (χ3v) is 1.92. The summed E-state index contributed by atoms with van der Waals surface area (Å²) >= 11 is 0. The summed E-state index contributed by atoms with van der Waals surface area (Å²) in [5.41, 5.74) is 1.65. The summed E-state index contributed by atoms with van der Waals surface area (Å²) in [6, 6.07) is 9.22. The van der Waals surface area contributed by atoms with E-state index in [4.69, 9.17) is 0 Å². The molecule has 69 valence electrons. The van der Waals surface area contributed by atoms with E-state index in [9.17, 15) is 10.1 Å². The summed E-state index contributed by atoms with van der Waals surface area (Å²) in [6.45, 7) is 1.86. The second kappa shape index (κ2) is 3.06. The van der Waals surface area contributed by atoms with Gasteiger partial charge in [-0.15, -0.1) is 0 Å². The number of nitro benzene ring substituents is 1. The summed E-state index contributed by atoms with van der Waals surface area (Å²) in [4.78, 5) is 14.3. The van der Waals surface area contributed by atoms with Crippen LogP contribution in [-0.2, 0) is 0 Å². The van der Waals surface area contributed by atoms with Gasteiger partial charge in [-0.2, -0.15) is 0 Å². The summed E-state index contributed by atoms with van der Waals surface area (Å²) in [6.07, 6.45) is 0. The van der Waals surface area contributed by atoms with Crippen LogP contribution in [0.4, 0.5) is 5.69 Å². The third-order valence-electron chi connectivity index (χ3n) is 1.92. The van der Waals surface area contributed by atoms with Crippen molar-refractivity contribution in [1.82, 2.24) is 4.98 Å². The summed E-state index contributed by atoms with van der Waals surface area (Å²) < 4.78 is 0. The summed E-state index contributed by atoms with van der Waals surface area (Å²) in [5, 5.41) is 11.2. The molecule has 4 heteroatoms. The van der Waals surface area contributed by atoms with Crippen LogP contribution in [0.5, 0.6) is 0 Å². The first-order valence-corrected chi connectivity index (χ1v) is 4.10. The van der Waals surface area contributed by atoms with Gasteiger partial charge in [-0.25, -0.2) is 0 Å². The van der Waals surface area contributed by atoms with Crippen molar-refractivity contribution < 1.29 is 4.92 Å². The number of aromatic nitrogens is 1. The smallest absolute Gasteiger partial charge is 0.258 e. The highest BCUT2D eigenvalue weighted by atomic mass is 16.6. The molecular weight excluding hydrogens is 180 g/mol. The van der Waals surface area contributed by atoms with Gasteiger partial charge in [0.2, 0.25) is 0 Å². The van der Waals surface area contributed by atoms with Crippen LogP contribution in [0.1, 0.15) is 5.69 Å². The molecule has 1 aromatic carbocycles. The van der Waals surface area contributed by atoms with Crippen molar-refractivity contribution >= 4 is 16.6 Å². The van der Waals surface area contributed by atoms with E-state index in [2.05, 4.69) is 11.1 Å². The lowest BCUT2D eigenvalue weighted by Gasteiger charge is -1.97. The van der Waals surface area contributed by atoms with Crippen LogP contribution in [0, 0.1) is 23.1 Å². The van der Waals surface area contributed by atoms with Gasteiger partial charge in [-0.05, 0) is 25.1 Å². The van der Waals surface area contributed by atoms with Gasteiger partial charge in [-0.3, -0.25) is 15.1 Å². The van der Waals surface area contributed by atoms with Gasteiger partial charge in [0, 0.05) is 23.2 Å². The molecule has 2 rings (SSSR count). The van der Waals surface area contributed by atoms with Crippen LogP contribution < -0.4 is 0 Å². The zero-order chi connectivity index (χ0) is 10.1. The van der Waals surface area contributed by atoms with E-state index in [0.717, 1.165) is 11.2 Å². The van der Waals surface area contributed by atoms with Crippen LogP contribution >= 0.6 is 0 Å². The monoisotopic (exact) mass is 187 g/mol. The molecule has 1 aromatic heterocycles. The Morgan fingerprint density at radius 2 is 2.29 bits per heavy atom. The minimum absolute atomic E-state index is 0.0689. The zero-order valence-electron chi connectivity index (χ0n) is 7.52. The Labute approximate surface area is 80.4 Å². The maximum absolute atomic E-state index is 10.5. The maximum Gasteiger partial charge on any atom is 0.270 e. The maximum atomic E-state index is 10.5. The van der Waals surface area contributed by atoms with Crippen molar-refractivity contribution in [2.75, 3.05) is 0 Å². The molecule has 0 N–H and O–H groups in total. The van der Waals surface area contributed by atoms with Gasteiger partial charge in [0.05, 0.1) is 10.4 Å². The van der Waals surface area contributed by atoms with Gasteiger partial charge in [0.25, 0.3) is 5.69 Å². The van der Waals surface area contributed by atoms with Crippen molar-refractivity contribution in [3.8, 4) is 0 Å². The SMILES string of the molecule is Cc1c[c]c2cc([N+](=O)[O-])ccc2n1. The molecule has 0 fully saturated rings. The lowest BCUT2D eigenvalue weighted by molar-refractivity contribution is -0.384. The first-order chi connectivity index (χ1) is 6.66. The molecular formula is C10H7N2O2. The summed E-state index contributed by atoms with van der Waals surface area (Å²) in [7, 11) is 0. The van der Waals surface area contributed by atoms with Crippen LogP contribution in [0.3, 0.4) is 0 Å². The Balaban J connectivity index is 2.67. The fourth-order valence-electron chi connectivity index (χ4n) is 1.26. The number of benzene rings is 1. The quantitative estimate of drug-likeness (QED) is 0.508. The predicted molar refractivity (Wildman–Crippen MR) is 52.0 cm³/mol. The third kappa shape index (κ3) is 1.42. The molecule has 1 radical (unpaired) electrons. The van der Waals surface area contributed by atoms with Gasteiger partial charge in [-0.1, -0.05) is 0 Å². The normalized spacial score (nSPS) is 10.4. The number of hydrogen-bond donors (Lipinski definition) is 0. The van der Waals surface area contributed by atoms with Crippen molar-refractivity contribution in [2.45, 2.75) is 6.92 Å². The molecule has 14 heavy (non-hydrogen) atoms. The molecule has 0 spiro atoms. The molecule has 0 bridgehead atoms. The van der Waals surface area contributed by atoms with E-state index < -0.39 is 4.92 Å². The van der Waals surface area contributed by atoms with Crippen molar-refractivity contribution in [1.29, 1.82) is 0 Å². The Morgan fingerprint density at radius 3 is 3.00 bits per heavy atom. The van der Waals surface area contributed by atoms with E-state index in [1.807, 2.05) is 6.92 Å². The van der Waals surface area contributed by atoms with E-state index >= 15 is 0 Å². The predicted octanol–water partition coefficient (Wildman–Crippen LogP) is 2.25. The molecule has 1 heterocycles. The first-order valence-electron chi connectivity index (χ1n) is 4.10. The number of pyridine rings is 1. The molecule has 0 aliphatic rings. The van der Waals surface area contributed by atoms with E-state index in [1.165, 1.54) is 12.1 Å². The lowest BCUT2D eigenvalue weighted by atomic mass is 10.2. The molecule has 0 aliphatic heterocycles. The van der Waals surface area contributed by atoms with Crippen LogP contribution in [0.25, 0.3) is 10.9 Å². The largest absolute Gasteiger partial charge is 0.270 e. The Bertz CT molecular complexity index is 508. The number of non-ortho nitro benzene ring substituents is 1. The Kier molecular flexibility index (Phi) is 1.89. The van der Waals surface area contributed by atoms with Gasteiger partial charge >= 0.3 is 0 Å². The minimum atomic E-state index is -0.423. The number of aryl methyl sites for hydroxylation is 1. The van der Waals surface area contributed by atoms with Gasteiger partial charge in [0.15, 0.2) is 0 Å². The summed E-state index contributed by atoms with van der Waals surface area (Å²) in [5.74, 6) is 0. The molecule has 0 aliphatic carbocycles. The average molecular weight is 187 g/mol. The van der Waals surface area contributed by atoms with E-state index in [1.54, 1.807) is 12.1 Å². The van der Waals surface area contributed by atoms with Crippen LogP contribution in [0.2, 0.25) is 0 Å². The van der Waals surface area contributed by atoms with Gasteiger partial charge in [0.1, 0.15) is 0 Å². The van der Waals surface area contributed by atoms with Crippen molar-refractivity contribution in [2.24, 2.45) is 0 Å². The highest BCUT2D eigenvalue weighted by Crippen LogP contribution is 2.18. The average Bonchev–Trinajstić information content (AvgIpc) is 2.16. The topological polar surface area (TPSA) is 56.0 Å². The van der Waals surface area contributed by atoms with Crippen molar-refractivity contribution in [3.63, 3.8) is 0 Å².